The second-order valence-electron chi connectivity index (χ2n) is 4.62. The molecular formula is C11H23N3O3S. The Labute approximate surface area is 109 Å². The molecule has 0 spiro atoms. The van der Waals surface area contributed by atoms with E-state index < -0.39 is 16.1 Å². The van der Waals surface area contributed by atoms with Gasteiger partial charge in [0.05, 0.1) is 6.54 Å². The van der Waals surface area contributed by atoms with Crippen molar-refractivity contribution in [3.8, 4) is 0 Å². The fourth-order valence-corrected chi connectivity index (χ4v) is 3.74. The van der Waals surface area contributed by atoms with Crippen molar-refractivity contribution in [1.82, 2.24) is 8.61 Å². The van der Waals surface area contributed by atoms with Gasteiger partial charge in [0.1, 0.15) is 0 Å². The van der Waals surface area contributed by atoms with Crippen molar-refractivity contribution in [3.05, 3.63) is 0 Å². The summed E-state index contributed by atoms with van der Waals surface area (Å²) < 4.78 is 27.4. The lowest BCUT2D eigenvalue weighted by Crippen LogP contribution is -2.48. The second-order valence-corrected chi connectivity index (χ2v) is 6.55. The van der Waals surface area contributed by atoms with Crippen molar-refractivity contribution >= 4 is 16.1 Å². The van der Waals surface area contributed by atoms with Gasteiger partial charge in [0.25, 0.3) is 10.2 Å². The van der Waals surface area contributed by atoms with E-state index in [1.807, 2.05) is 6.92 Å². The van der Waals surface area contributed by atoms with E-state index >= 15 is 0 Å². The van der Waals surface area contributed by atoms with E-state index in [1.165, 1.54) is 8.61 Å². The van der Waals surface area contributed by atoms with Gasteiger partial charge in [-0.05, 0) is 19.3 Å². The number of nitrogens with two attached hydrogens (primary N) is 1. The number of rotatable bonds is 7. The molecule has 0 aromatic carbocycles. The first-order valence-electron chi connectivity index (χ1n) is 6.52. The van der Waals surface area contributed by atoms with E-state index in [9.17, 15) is 13.2 Å². The maximum atomic E-state index is 12.4. The van der Waals surface area contributed by atoms with Crippen LogP contribution >= 0.6 is 0 Å². The quantitative estimate of drug-likeness (QED) is 0.726. The Morgan fingerprint density at radius 2 is 1.89 bits per heavy atom. The van der Waals surface area contributed by atoms with Crippen LogP contribution in [0.4, 0.5) is 0 Å². The van der Waals surface area contributed by atoms with Crippen LogP contribution in [0.2, 0.25) is 0 Å². The number of amides is 1. The molecule has 0 aliphatic carbocycles. The van der Waals surface area contributed by atoms with Crippen LogP contribution in [0.1, 0.15) is 39.0 Å². The van der Waals surface area contributed by atoms with Gasteiger partial charge in [-0.3, -0.25) is 4.79 Å². The number of nitrogens with zero attached hydrogens (tertiary/aromatic N) is 2. The molecule has 0 bridgehead atoms. The second kappa shape index (κ2) is 7.06. The molecule has 18 heavy (non-hydrogen) atoms. The summed E-state index contributed by atoms with van der Waals surface area (Å²) in [6.45, 7) is 3.21. The van der Waals surface area contributed by atoms with Gasteiger partial charge in [0.15, 0.2) is 0 Å². The normalized spacial score (nSPS) is 18.1. The number of piperidine rings is 1. The fourth-order valence-electron chi connectivity index (χ4n) is 2.04. The van der Waals surface area contributed by atoms with E-state index in [2.05, 4.69) is 0 Å². The first kappa shape index (κ1) is 15.4. The zero-order valence-electron chi connectivity index (χ0n) is 11.0. The van der Waals surface area contributed by atoms with Crippen molar-refractivity contribution < 1.29 is 13.2 Å². The van der Waals surface area contributed by atoms with Gasteiger partial charge in [-0.2, -0.15) is 17.0 Å². The smallest absolute Gasteiger partial charge is 0.282 e. The molecule has 0 radical (unpaired) electrons. The minimum Gasteiger partial charge on any atom is -0.369 e. The van der Waals surface area contributed by atoms with Crippen LogP contribution in [0.15, 0.2) is 0 Å². The van der Waals surface area contributed by atoms with Crippen LogP contribution in [-0.4, -0.2) is 49.1 Å². The first-order valence-corrected chi connectivity index (χ1v) is 7.91. The molecule has 0 atom stereocenters. The van der Waals surface area contributed by atoms with Crippen molar-refractivity contribution in [1.29, 1.82) is 0 Å². The van der Waals surface area contributed by atoms with Crippen molar-refractivity contribution in [2.24, 2.45) is 5.73 Å². The maximum absolute atomic E-state index is 12.4. The molecule has 1 amide bonds. The van der Waals surface area contributed by atoms with Crippen LogP contribution in [-0.2, 0) is 15.0 Å². The van der Waals surface area contributed by atoms with Gasteiger partial charge in [-0.25, -0.2) is 0 Å². The third kappa shape index (κ3) is 4.22. The van der Waals surface area contributed by atoms with Crippen LogP contribution in [0.3, 0.4) is 0 Å². The fraction of sp³-hybridized carbons (Fsp3) is 0.909. The van der Waals surface area contributed by atoms with Crippen LogP contribution in [0.25, 0.3) is 0 Å². The van der Waals surface area contributed by atoms with E-state index in [4.69, 9.17) is 5.73 Å². The topological polar surface area (TPSA) is 83.7 Å². The van der Waals surface area contributed by atoms with Crippen molar-refractivity contribution in [2.75, 3.05) is 26.2 Å². The first-order chi connectivity index (χ1) is 8.48. The summed E-state index contributed by atoms with van der Waals surface area (Å²) >= 11 is 0. The molecule has 1 rings (SSSR count). The number of unbranched alkanes of at least 4 members (excludes halogenated alkanes) is 1. The highest BCUT2D eigenvalue weighted by Crippen LogP contribution is 2.16. The minimum atomic E-state index is -3.53. The molecule has 1 heterocycles. The molecule has 2 N–H and O–H groups in total. The molecule has 0 unspecified atom stereocenters. The minimum absolute atomic E-state index is 0.223. The Morgan fingerprint density at radius 3 is 2.39 bits per heavy atom. The summed E-state index contributed by atoms with van der Waals surface area (Å²) in [6, 6.07) is 0. The number of hydrogen-bond acceptors (Lipinski definition) is 3. The van der Waals surface area contributed by atoms with Gasteiger partial charge in [0.2, 0.25) is 5.91 Å². The lowest BCUT2D eigenvalue weighted by Gasteiger charge is -2.31. The van der Waals surface area contributed by atoms with E-state index in [0.717, 1.165) is 32.1 Å². The van der Waals surface area contributed by atoms with E-state index in [1.54, 1.807) is 0 Å². The van der Waals surface area contributed by atoms with Gasteiger partial charge >= 0.3 is 0 Å². The molecule has 0 aromatic rings. The van der Waals surface area contributed by atoms with Crippen LogP contribution < -0.4 is 5.73 Å². The van der Waals surface area contributed by atoms with Crippen molar-refractivity contribution in [3.63, 3.8) is 0 Å². The number of carbonyl (C=O) groups is 1. The molecule has 1 aliphatic rings. The van der Waals surface area contributed by atoms with Gasteiger partial charge in [0, 0.05) is 19.6 Å². The molecule has 1 aliphatic heterocycles. The molecular weight excluding hydrogens is 254 g/mol. The zero-order chi connectivity index (χ0) is 13.6. The summed E-state index contributed by atoms with van der Waals surface area (Å²) in [6.07, 6.45) is 4.46. The highest BCUT2D eigenvalue weighted by Gasteiger charge is 2.30. The third-order valence-corrected chi connectivity index (χ3v) is 5.04. The molecule has 0 saturated carbocycles. The largest absolute Gasteiger partial charge is 0.369 e. The Balaban J connectivity index is 2.76. The summed E-state index contributed by atoms with van der Waals surface area (Å²) in [4.78, 5) is 11.0. The highest BCUT2D eigenvalue weighted by molar-refractivity contribution is 7.86. The molecule has 1 saturated heterocycles. The Hall–Kier alpha value is -0.660. The van der Waals surface area contributed by atoms with Gasteiger partial charge in [-0.1, -0.05) is 19.8 Å². The molecule has 6 nitrogen and oxygen atoms in total. The van der Waals surface area contributed by atoms with Gasteiger partial charge < -0.3 is 5.73 Å². The molecule has 1 fully saturated rings. The van der Waals surface area contributed by atoms with E-state index in [-0.39, 0.29) is 6.54 Å². The number of hydrogen-bond donors (Lipinski definition) is 1. The average Bonchev–Trinajstić information content (AvgIpc) is 2.35. The average molecular weight is 277 g/mol. The van der Waals surface area contributed by atoms with Gasteiger partial charge in [-0.15, -0.1) is 0 Å². The maximum Gasteiger partial charge on any atom is 0.282 e. The molecule has 7 heteroatoms. The highest BCUT2D eigenvalue weighted by atomic mass is 32.2. The Bertz CT molecular complexity index is 364. The monoisotopic (exact) mass is 277 g/mol. The lowest BCUT2D eigenvalue weighted by molar-refractivity contribution is -0.118. The van der Waals surface area contributed by atoms with Crippen molar-refractivity contribution in [2.45, 2.75) is 39.0 Å². The summed E-state index contributed by atoms with van der Waals surface area (Å²) in [7, 11) is -3.53. The third-order valence-electron chi connectivity index (χ3n) is 3.06. The van der Waals surface area contributed by atoms with E-state index in [0.29, 0.717) is 19.6 Å². The number of carbonyl (C=O) groups excluding carboxylic acids is 1. The molecule has 0 aromatic heterocycles. The predicted molar refractivity (Wildman–Crippen MR) is 70.0 cm³/mol. The summed E-state index contributed by atoms with van der Waals surface area (Å²) in [5.74, 6) is -0.605. The predicted octanol–water partition coefficient (Wildman–Crippen LogP) is 0.305. The van der Waals surface area contributed by atoms with Crippen LogP contribution in [0, 0.1) is 0 Å². The zero-order valence-corrected chi connectivity index (χ0v) is 11.8. The SMILES string of the molecule is CCCCN(CC(N)=O)S(=O)(=O)N1CCCCC1. The Kier molecular flexibility index (Phi) is 6.04. The Morgan fingerprint density at radius 1 is 1.28 bits per heavy atom. The van der Waals surface area contributed by atoms with Crippen LogP contribution in [0.5, 0.6) is 0 Å². The standard InChI is InChI=1S/C11H23N3O3S/c1-2-3-7-14(10-11(12)15)18(16,17)13-8-5-4-6-9-13/h2-10H2,1H3,(H2,12,15). The lowest BCUT2D eigenvalue weighted by atomic mass is 10.2. The number of primary amides is 1. The summed E-state index contributed by atoms with van der Waals surface area (Å²) in [5, 5.41) is 0. The molecule has 106 valence electrons. The summed E-state index contributed by atoms with van der Waals surface area (Å²) in [5.41, 5.74) is 5.13.